The highest BCUT2D eigenvalue weighted by Crippen LogP contribution is 2.19. The molecule has 0 aliphatic carbocycles. The second kappa shape index (κ2) is 10.2. The second-order valence-electron chi connectivity index (χ2n) is 6.05. The molecule has 4 nitrogen and oxygen atoms in total. The van der Waals surface area contributed by atoms with Crippen molar-refractivity contribution in [1.29, 1.82) is 0 Å². The quantitative estimate of drug-likeness (QED) is 0.535. The maximum atomic E-state index is 14.0. The fourth-order valence-corrected chi connectivity index (χ4v) is 2.98. The van der Waals surface area contributed by atoms with Crippen LogP contribution in [0.1, 0.15) is 18.1 Å². The van der Waals surface area contributed by atoms with Crippen molar-refractivity contribution in [3.63, 3.8) is 0 Å². The molecule has 0 heterocycles. The molecular weight excluding hydrogens is 413 g/mol. The molecule has 0 aliphatic heterocycles. The number of amides is 1. The van der Waals surface area contributed by atoms with Gasteiger partial charge in [-0.1, -0.05) is 34.1 Å². The van der Waals surface area contributed by atoms with Gasteiger partial charge >= 0.3 is 0 Å². The Morgan fingerprint density at radius 1 is 1.33 bits per heavy atom. The number of hydrogen-bond donors (Lipinski definition) is 0. The lowest BCUT2D eigenvalue weighted by Crippen LogP contribution is -2.39. The highest BCUT2D eigenvalue weighted by molar-refractivity contribution is 9.10. The molecule has 0 radical (unpaired) electrons. The van der Waals surface area contributed by atoms with Crippen molar-refractivity contribution in [2.24, 2.45) is 0 Å². The molecule has 27 heavy (non-hydrogen) atoms. The number of carbonyl (C=O) groups excluding carboxylic acids is 1. The van der Waals surface area contributed by atoms with E-state index in [0.29, 0.717) is 12.1 Å². The summed E-state index contributed by atoms with van der Waals surface area (Å²) >= 11 is 3.33. The van der Waals surface area contributed by atoms with E-state index in [-0.39, 0.29) is 24.9 Å². The van der Waals surface area contributed by atoms with Crippen molar-refractivity contribution in [2.45, 2.75) is 26.2 Å². The number of rotatable bonds is 9. The summed E-state index contributed by atoms with van der Waals surface area (Å²) in [4.78, 5) is 14.3. The van der Waals surface area contributed by atoms with Gasteiger partial charge in [0.2, 0.25) is 0 Å². The molecular formula is C21H23BrFNO3. The van der Waals surface area contributed by atoms with Gasteiger partial charge in [-0.3, -0.25) is 4.79 Å². The van der Waals surface area contributed by atoms with Crippen LogP contribution in [0.25, 0.3) is 0 Å². The molecule has 2 aromatic rings. The van der Waals surface area contributed by atoms with Crippen molar-refractivity contribution >= 4 is 21.8 Å². The minimum Gasteiger partial charge on any atom is -0.497 e. The van der Waals surface area contributed by atoms with E-state index in [1.54, 1.807) is 32.2 Å². The van der Waals surface area contributed by atoms with Gasteiger partial charge in [0.15, 0.2) is 0 Å². The molecule has 2 aromatic carbocycles. The number of halogens is 2. The van der Waals surface area contributed by atoms with E-state index in [4.69, 9.17) is 9.47 Å². The number of ether oxygens (including phenoxy) is 2. The predicted molar refractivity (Wildman–Crippen MR) is 107 cm³/mol. The van der Waals surface area contributed by atoms with E-state index in [1.807, 2.05) is 24.3 Å². The lowest BCUT2D eigenvalue weighted by molar-refractivity contribution is -0.143. The van der Waals surface area contributed by atoms with E-state index >= 15 is 0 Å². The van der Waals surface area contributed by atoms with Crippen LogP contribution < -0.4 is 4.74 Å². The van der Waals surface area contributed by atoms with E-state index in [2.05, 4.69) is 22.5 Å². The first-order valence-electron chi connectivity index (χ1n) is 8.52. The summed E-state index contributed by atoms with van der Waals surface area (Å²) in [5.41, 5.74) is 1.34. The number of nitrogens with zero attached hydrogens (tertiary/aromatic N) is 1. The zero-order chi connectivity index (χ0) is 19.8. The van der Waals surface area contributed by atoms with Crippen molar-refractivity contribution in [3.05, 3.63) is 76.5 Å². The van der Waals surface area contributed by atoms with Crippen LogP contribution in [0.4, 0.5) is 4.39 Å². The Morgan fingerprint density at radius 3 is 2.81 bits per heavy atom. The highest BCUT2D eigenvalue weighted by atomic mass is 79.9. The summed E-state index contributed by atoms with van der Waals surface area (Å²) in [6, 6.07) is 12.1. The molecule has 0 bridgehead atoms. The molecule has 1 atom stereocenters. The van der Waals surface area contributed by atoms with Crippen molar-refractivity contribution in [1.82, 2.24) is 4.90 Å². The first-order chi connectivity index (χ1) is 12.9. The molecule has 6 heteroatoms. The van der Waals surface area contributed by atoms with Gasteiger partial charge in [-0.2, -0.15) is 0 Å². The molecule has 0 aliphatic rings. The molecule has 0 spiro atoms. The van der Waals surface area contributed by atoms with E-state index < -0.39 is 6.10 Å². The van der Waals surface area contributed by atoms with Crippen LogP contribution in [0.3, 0.4) is 0 Å². The Hall–Kier alpha value is -2.18. The Kier molecular flexibility index (Phi) is 8.00. The first kappa shape index (κ1) is 21.1. The van der Waals surface area contributed by atoms with Crippen molar-refractivity contribution in [2.75, 3.05) is 13.7 Å². The Labute approximate surface area is 167 Å². The topological polar surface area (TPSA) is 38.8 Å². The molecule has 1 amide bonds. The third-order valence-corrected chi connectivity index (χ3v) is 4.51. The fourth-order valence-electron chi connectivity index (χ4n) is 2.57. The van der Waals surface area contributed by atoms with Crippen LogP contribution >= 0.6 is 15.9 Å². The standard InChI is InChI=1S/C21H23BrFNO3/c1-4-10-24(13-17-12-18(22)8-9-20(17)23)21(25)15(2)27-14-16-6-5-7-19(11-16)26-3/h4-9,11-12,15H,1,10,13-14H2,2-3H3. The van der Waals surface area contributed by atoms with E-state index in [9.17, 15) is 9.18 Å². The Morgan fingerprint density at radius 2 is 2.11 bits per heavy atom. The summed E-state index contributed by atoms with van der Waals surface area (Å²) < 4.78 is 25.7. The minimum absolute atomic E-state index is 0.142. The zero-order valence-corrected chi connectivity index (χ0v) is 17.0. The number of methoxy groups -OCH3 is 1. The van der Waals surface area contributed by atoms with Gasteiger partial charge in [-0.15, -0.1) is 6.58 Å². The Balaban J connectivity index is 2.03. The maximum Gasteiger partial charge on any atom is 0.252 e. The minimum atomic E-state index is -0.675. The lowest BCUT2D eigenvalue weighted by atomic mass is 10.2. The van der Waals surface area contributed by atoms with Gasteiger partial charge in [-0.25, -0.2) is 4.39 Å². The maximum absolute atomic E-state index is 14.0. The summed E-state index contributed by atoms with van der Waals surface area (Å²) in [6.07, 6.45) is 0.939. The van der Waals surface area contributed by atoms with Gasteiger partial charge in [-0.05, 0) is 42.8 Å². The monoisotopic (exact) mass is 435 g/mol. The summed E-state index contributed by atoms with van der Waals surface area (Å²) in [5, 5.41) is 0. The summed E-state index contributed by atoms with van der Waals surface area (Å²) in [6.45, 7) is 6.10. The molecule has 0 fully saturated rings. The van der Waals surface area contributed by atoms with Crippen LogP contribution in [0.2, 0.25) is 0 Å². The third kappa shape index (κ3) is 6.19. The van der Waals surface area contributed by atoms with Crippen molar-refractivity contribution < 1.29 is 18.7 Å². The molecule has 1 unspecified atom stereocenters. The number of hydrogen-bond acceptors (Lipinski definition) is 3. The van der Waals surface area contributed by atoms with Gasteiger partial charge in [0.05, 0.1) is 13.7 Å². The van der Waals surface area contributed by atoms with E-state index in [1.165, 1.54) is 11.0 Å². The third-order valence-electron chi connectivity index (χ3n) is 4.01. The normalized spacial score (nSPS) is 11.7. The largest absolute Gasteiger partial charge is 0.497 e. The van der Waals surface area contributed by atoms with E-state index in [0.717, 1.165) is 15.8 Å². The Bertz CT molecular complexity index is 797. The van der Waals surface area contributed by atoms with Gasteiger partial charge in [0.25, 0.3) is 5.91 Å². The van der Waals surface area contributed by atoms with Crippen LogP contribution in [-0.2, 0) is 22.7 Å². The van der Waals surface area contributed by atoms with Crippen molar-refractivity contribution in [3.8, 4) is 5.75 Å². The highest BCUT2D eigenvalue weighted by Gasteiger charge is 2.22. The average molecular weight is 436 g/mol. The number of benzene rings is 2. The van der Waals surface area contributed by atoms with Crippen LogP contribution in [0.15, 0.2) is 59.6 Å². The lowest BCUT2D eigenvalue weighted by Gasteiger charge is -2.25. The average Bonchev–Trinajstić information content (AvgIpc) is 2.68. The smallest absolute Gasteiger partial charge is 0.252 e. The molecule has 0 saturated carbocycles. The SMILES string of the molecule is C=CCN(Cc1cc(Br)ccc1F)C(=O)C(C)OCc1cccc(OC)c1. The van der Waals surface area contributed by atoms with Crippen LogP contribution in [-0.4, -0.2) is 30.6 Å². The van der Waals surface area contributed by atoms with Crippen LogP contribution in [0.5, 0.6) is 5.75 Å². The zero-order valence-electron chi connectivity index (χ0n) is 15.5. The molecule has 2 rings (SSSR count). The first-order valence-corrected chi connectivity index (χ1v) is 9.32. The van der Waals surface area contributed by atoms with Gasteiger partial charge in [0.1, 0.15) is 17.7 Å². The fraction of sp³-hybridized carbons (Fsp3) is 0.286. The molecule has 144 valence electrons. The second-order valence-corrected chi connectivity index (χ2v) is 6.96. The summed E-state index contributed by atoms with van der Waals surface area (Å²) in [7, 11) is 1.60. The molecule has 0 saturated heterocycles. The summed E-state index contributed by atoms with van der Waals surface area (Å²) in [5.74, 6) is 0.149. The number of carbonyl (C=O) groups is 1. The molecule has 0 aromatic heterocycles. The van der Waals surface area contributed by atoms with Crippen LogP contribution in [0, 0.1) is 5.82 Å². The molecule has 0 N–H and O–H groups in total. The predicted octanol–water partition coefficient (Wildman–Crippen LogP) is 4.72. The van der Waals surface area contributed by atoms with Gasteiger partial charge in [0, 0.05) is 23.1 Å². The van der Waals surface area contributed by atoms with Gasteiger partial charge < -0.3 is 14.4 Å².